The maximum Gasteiger partial charge on any atom is 0.474 e. The minimum atomic E-state index is -5.88. The second kappa shape index (κ2) is 50.0. The van der Waals surface area contributed by atoms with Gasteiger partial charge in [-0.15, -0.1) is 0 Å². The van der Waals surface area contributed by atoms with Crippen molar-refractivity contribution in [1.29, 1.82) is 0 Å². The van der Waals surface area contributed by atoms with Gasteiger partial charge in [0.05, 0.1) is 79.3 Å². The summed E-state index contributed by atoms with van der Waals surface area (Å²) in [6.45, 7) is -13.8. The fourth-order valence-corrected chi connectivity index (χ4v) is 18.2. The minimum Gasteiger partial charge on any atom is -0.394 e. The van der Waals surface area contributed by atoms with Crippen molar-refractivity contribution < 1.29 is 316 Å². The van der Waals surface area contributed by atoms with Crippen LogP contribution < -0.4 is 5.32 Å². The van der Waals surface area contributed by atoms with Crippen molar-refractivity contribution in [2.45, 2.75) is 375 Å². The van der Waals surface area contributed by atoms with Gasteiger partial charge in [-0.25, -0.2) is 4.57 Å². The zero-order chi connectivity index (χ0) is 103. The van der Waals surface area contributed by atoms with Gasteiger partial charge in [-0.3, -0.25) is 13.8 Å². The van der Waals surface area contributed by atoms with Gasteiger partial charge >= 0.3 is 7.82 Å². The Hall–Kier alpha value is -2.78. The van der Waals surface area contributed by atoms with Crippen molar-refractivity contribution in [1.82, 2.24) is 5.32 Å². The summed E-state index contributed by atoms with van der Waals surface area (Å²) >= 11 is 0. The highest BCUT2D eigenvalue weighted by atomic mass is 31.2. The standard InChI is InChI=1S/C74H126NO64P/c1-14(84)75-27-39(96)56(22(9-83)120-63(27)113)132-69-55(112)58(38(95)25(129-69)11-116-64-54(111)57(133-65-49(106)40(97)28(85)15(2-76)121-65)37(94)24(128-64)12-118-72-60(46(103)34(91)21(8-82)127-72)136-67-51(108)42(99)30(87)17(4-78)123-67)134-73-62(47(104)35(92)23(130-73)10-117-71-59(45(102)33(90)20(7-81)126-71)135-66-50(107)41(98)29(86)16(3-77)122-66)138-74-61(137-68-52(109)43(100)31(88)18(5-79)124-68)48(105)36(93)26(131-74)13-119-140(114,115)139-70-53(110)44(101)32(89)19(6-80)125-70/h15-74,76-83,85-113H,2-13H2,1H3,(H,75,84)(H,114,115)/t15-,16-,17-,18-,19-,20-,21-,22-,23-,24-,25-,26-,27-,28-,29-,30-,31-,32-,33-,34-,35-,36-,37-,38-,39-,40+,41+,42+,43+,44+,45+,46+,47+,48+,49+,50+,51+,52+,53+,54+,55+,56-,57+,58+,59+,60+,61+,62+,63?,64+,65-,66-,67-,68-,69+,70-,71+,72+,73-,74-/m1/s1. The van der Waals surface area contributed by atoms with Crippen LogP contribution in [0.3, 0.4) is 0 Å². The van der Waals surface area contributed by atoms with Crippen LogP contribution in [-0.2, 0) is 123 Å². The molecule has 12 rings (SSSR count). The molecule has 0 aromatic heterocycles. The molecule has 2 unspecified atom stereocenters. The van der Waals surface area contributed by atoms with Crippen molar-refractivity contribution >= 4 is 13.7 Å². The van der Waals surface area contributed by atoms with Crippen LogP contribution in [0.15, 0.2) is 0 Å². The number of rotatable bonds is 37. The summed E-state index contributed by atoms with van der Waals surface area (Å²) in [7, 11) is -5.88. The lowest BCUT2D eigenvalue weighted by molar-refractivity contribution is -0.410. The van der Waals surface area contributed by atoms with Crippen LogP contribution in [0, 0.1) is 0 Å². The first-order valence-electron chi connectivity index (χ1n) is 44.0. The summed E-state index contributed by atoms with van der Waals surface area (Å²) in [6.07, 6.45) is -136. The van der Waals surface area contributed by atoms with Crippen molar-refractivity contribution in [2.75, 3.05) is 79.3 Å². The van der Waals surface area contributed by atoms with Gasteiger partial charge in [-0.05, 0) is 0 Å². The van der Waals surface area contributed by atoms with Gasteiger partial charge in [0.25, 0.3) is 0 Å². The third-order valence-electron chi connectivity index (χ3n) is 25.7. The molecule has 65 nitrogen and oxygen atoms in total. The largest absolute Gasteiger partial charge is 0.474 e. The highest BCUT2D eigenvalue weighted by Gasteiger charge is 2.63. The molecule has 0 aromatic rings. The smallest absolute Gasteiger partial charge is 0.394 e. The maximum absolute atomic E-state index is 13.8. The Morgan fingerprint density at radius 3 is 0.800 bits per heavy atom. The van der Waals surface area contributed by atoms with Crippen molar-refractivity contribution in [2.24, 2.45) is 0 Å². The summed E-state index contributed by atoms with van der Waals surface area (Å²) in [5, 5.41) is 414. The number of nitrogens with one attached hydrogen (secondary N) is 1. The first-order chi connectivity index (χ1) is 66.1. The van der Waals surface area contributed by atoms with Gasteiger partial charge in [-0.2, -0.15) is 0 Å². The van der Waals surface area contributed by atoms with Crippen molar-refractivity contribution in [3.05, 3.63) is 0 Å². The predicted molar refractivity (Wildman–Crippen MR) is 417 cm³/mol. The molecule has 12 aliphatic heterocycles. The number of amides is 1. The Bertz CT molecular complexity index is 3800. The highest BCUT2D eigenvalue weighted by Crippen LogP contribution is 2.49. The van der Waals surface area contributed by atoms with Gasteiger partial charge < -0.3 is 303 Å². The fourth-order valence-electron chi connectivity index (χ4n) is 17.4. The van der Waals surface area contributed by atoms with Crippen LogP contribution in [0.5, 0.6) is 0 Å². The summed E-state index contributed by atoms with van der Waals surface area (Å²) in [4.78, 5) is 23.7. The molecule has 816 valence electrons. The second-order valence-electron chi connectivity index (χ2n) is 35.0. The highest BCUT2D eigenvalue weighted by molar-refractivity contribution is 7.47. The van der Waals surface area contributed by atoms with E-state index in [1.54, 1.807) is 0 Å². The molecule has 0 bridgehead atoms. The molecule has 39 N–H and O–H groups in total. The number of aliphatic hydroxyl groups is 37. The summed E-state index contributed by atoms with van der Waals surface area (Å²) < 4.78 is 152. The second-order valence-corrected chi connectivity index (χ2v) is 36.4. The molecular formula is C74H126NO64P. The number of phosphoric ester groups is 1. The third-order valence-corrected chi connectivity index (χ3v) is 26.6. The third kappa shape index (κ3) is 25.2. The summed E-state index contributed by atoms with van der Waals surface area (Å²) in [5.74, 6) is -0.967. The molecule has 0 spiro atoms. The van der Waals surface area contributed by atoms with Crippen LogP contribution in [0.1, 0.15) is 6.92 Å². The van der Waals surface area contributed by atoms with E-state index in [-0.39, 0.29) is 0 Å². The Morgan fingerprint density at radius 1 is 0.229 bits per heavy atom. The van der Waals surface area contributed by atoms with Crippen molar-refractivity contribution in [3.63, 3.8) is 0 Å². The van der Waals surface area contributed by atoms with E-state index in [4.69, 9.17) is 113 Å². The number of carbonyl (C=O) groups excluding carboxylic acids is 1. The van der Waals surface area contributed by atoms with Crippen LogP contribution in [0.25, 0.3) is 0 Å². The maximum atomic E-state index is 13.8. The van der Waals surface area contributed by atoms with Gasteiger partial charge in [0, 0.05) is 6.92 Å². The average molecular weight is 2080 g/mol. The van der Waals surface area contributed by atoms with Gasteiger partial charge in [0.1, 0.15) is 293 Å². The quantitative estimate of drug-likeness (QED) is 0.0257. The van der Waals surface area contributed by atoms with E-state index in [2.05, 4.69) is 5.32 Å². The lowest BCUT2D eigenvalue weighted by Gasteiger charge is -2.51. The molecule has 61 atom stereocenters. The predicted octanol–water partition coefficient (Wildman–Crippen LogP) is -26.9. The molecule has 0 aromatic carbocycles. The van der Waals surface area contributed by atoms with Gasteiger partial charge in [0.2, 0.25) is 5.91 Å². The molecule has 66 heteroatoms. The van der Waals surface area contributed by atoms with Crippen LogP contribution in [0.2, 0.25) is 0 Å². The SMILES string of the molecule is CC(=O)N[C@H]1C(O)O[C@H](CO)[C@@H](O[C@@H]2O[C@H](CO[C@H]3O[C@H](CO[C@H]4O[C@H](CO)[C@@H](O)[C@H](O)[C@@H]4O[C@H]4O[C@H](CO)[C@@H](O)[C@H](O)[C@@H]4O)[C@@H](O)[C@H](O[C@H]4O[C@H](CO)[C@@H](O)[C@H](O)[C@@H]4O)[C@@H]3O)[C@@H](O)[C@H](O[C@H]3O[C@H](CO[C@H]4O[C@H](CO)[C@@H](O)[C@H](O)[C@@H]4O[C@H]4O[C@H](CO)[C@@H](O)[C@H](O)[C@@H]4O)[C@@H](O)[C@H](O)[C@@H]3O[C@H]3O[C@H](COP(=O)(O)O[C@H]4O[C@H](CO)[C@@H](O)[C@H](O)[C@@H]4O)[C@@H](O)[C@H](O)[C@@H]3O[C@H]3O[C@H](CO)[C@@H](O)[C@H](O)[C@@H]3O)[C@@H]2O)[C@@H]1O. The molecule has 140 heavy (non-hydrogen) atoms. The van der Waals surface area contributed by atoms with Gasteiger partial charge in [0.15, 0.2) is 75.5 Å². The molecule has 0 aliphatic carbocycles. The number of ether oxygens (including phenoxy) is 22. The first-order valence-corrected chi connectivity index (χ1v) is 45.5. The normalized spacial score (nSPS) is 52.1. The molecule has 12 fully saturated rings. The molecule has 1 amide bonds. The van der Waals surface area contributed by atoms with E-state index in [9.17, 15) is 203 Å². The molecule has 0 saturated carbocycles. The lowest BCUT2D eigenvalue weighted by atomic mass is 9.94. The Balaban J connectivity index is 0.923. The van der Waals surface area contributed by atoms with Crippen LogP contribution >= 0.6 is 7.82 Å². The van der Waals surface area contributed by atoms with Crippen molar-refractivity contribution in [3.8, 4) is 0 Å². The topological polar surface area (TPSA) is 1040 Å². The zero-order valence-corrected chi connectivity index (χ0v) is 74.1. The van der Waals surface area contributed by atoms with E-state index in [1.807, 2.05) is 0 Å². The van der Waals surface area contributed by atoms with E-state index in [0.717, 1.165) is 6.92 Å². The van der Waals surface area contributed by atoms with E-state index in [1.165, 1.54) is 0 Å². The monoisotopic (exact) mass is 2080 g/mol. The Labute approximate surface area is 787 Å². The van der Waals surface area contributed by atoms with E-state index >= 15 is 0 Å². The number of hydrogen-bond acceptors (Lipinski definition) is 63. The lowest BCUT2D eigenvalue weighted by Crippen LogP contribution is -2.69. The number of phosphoric acid groups is 1. The minimum absolute atomic E-state index is 0.901. The first kappa shape index (κ1) is 116. The fraction of sp³-hybridized carbons (Fsp3) is 0.986. The molecule has 12 heterocycles. The Kier molecular flexibility index (Phi) is 41.4. The van der Waals surface area contributed by atoms with E-state index in [0.29, 0.717) is 0 Å². The number of hydrogen-bond donors (Lipinski definition) is 39. The van der Waals surface area contributed by atoms with Gasteiger partial charge in [-0.1, -0.05) is 0 Å². The summed E-state index contributed by atoms with van der Waals surface area (Å²) in [5.41, 5.74) is 0. The molecule has 12 saturated heterocycles. The van der Waals surface area contributed by atoms with E-state index < -0.39 is 461 Å². The number of aliphatic hydroxyl groups excluding tert-OH is 37. The average Bonchev–Trinajstić information content (AvgIpc) is 0.754. The van der Waals surface area contributed by atoms with Crippen LogP contribution in [-0.4, -0.2) is 647 Å². The molecular weight excluding hydrogens is 1960 g/mol. The zero-order valence-electron chi connectivity index (χ0n) is 73.2. The Morgan fingerprint density at radius 2 is 0.457 bits per heavy atom. The number of carbonyl (C=O) groups is 1. The molecule has 0 radical (unpaired) electrons. The molecule has 12 aliphatic rings. The summed E-state index contributed by atoms with van der Waals surface area (Å²) in [6, 6.07) is -1.94. The van der Waals surface area contributed by atoms with Crippen LogP contribution in [0.4, 0.5) is 0 Å².